The average molecular weight is 495 g/mol. The van der Waals surface area contributed by atoms with Crippen molar-refractivity contribution in [3.8, 4) is 28.7 Å². The van der Waals surface area contributed by atoms with E-state index >= 15 is 0 Å². The van der Waals surface area contributed by atoms with Gasteiger partial charge >= 0.3 is 0 Å². The van der Waals surface area contributed by atoms with Crippen molar-refractivity contribution in [3.63, 3.8) is 0 Å². The summed E-state index contributed by atoms with van der Waals surface area (Å²) < 4.78 is 28.7. The van der Waals surface area contributed by atoms with Crippen LogP contribution in [-0.4, -0.2) is 38.7 Å². The van der Waals surface area contributed by atoms with Gasteiger partial charge in [-0.1, -0.05) is 11.6 Å². The fourth-order valence-electron chi connectivity index (χ4n) is 4.58. The number of nitrogens with zero attached hydrogens (tertiary/aromatic N) is 2. The maximum atomic E-state index is 6.47. The maximum Gasteiger partial charge on any atom is 0.214 e. The molecule has 2 aliphatic rings. The largest absolute Gasteiger partial charge is 0.493 e. The normalized spacial score (nSPS) is 18.2. The standard InChI is InChI=1S/C27H27ClN2O5/c1-5-34-24-10-7-17(13-26(24)33-4)27-30-21(19-14-18(28)8-11-22(19)35-27)15-20(29-30)16-6-9-23(31-2)25(12-16)32-3/h6-14,21,27H,5,15H2,1-4H3/t21-,27-/m1/s1. The molecule has 0 radical (unpaired) electrons. The lowest BCUT2D eigenvalue weighted by atomic mass is 9.95. The van der Waals surface area contributed by atoms with Gasteiger partial charge in [-0.25, -0.2) is 5.01 Å². The smallest absolute Gasteiger partial charge is 0.214 e. The summed E-state index contributed by atoms with van der Waals surface area (Å²) in [5.41, 5.74) is 3.80. The molecule has 0 N–H and O–H groups in total. The monoisotopic (exact) mass is 494 g/mol. The molecule has 7 nitrogen and oxygen atoms in total. The number of benzene rings is 3. The zero-order valence-corrected chi connectivity index (χ0v) is 20.8. The van der Waals surface area contributed by atoms with Gasteiger partial charge in [-0.3, -0.25) is 0 Å². The van der Waals surface area contributed by atoms with Gasteiger partial charge in [-0.15, -0.1) is 0 Å². The van der Waals surface area contributed by atoms with Crippen LogP contribution in [0.25, 0.3) is 0 Å². The Bertz CT molecular complexity index is 1280. The van der Waals surface area contributed by atoms with E-state index in [0.717, 1.165) is 28.2 Å². The number of halogens is 1. The third-order valence-electron chi connectivity index (χ3n) is 6.24. The van der Waals surface area contributed by atoms with E-state index in [1.54, 1.807) is 21.3 Å². The second-order valence-electron chi connectivity index (χ2n) is 8.21. The molecule has 3 aromatic rings. The van der Waals surface area contributed by atoms with Gasteiger partial charge in [0.15, 0.2) is 23.0 Å². The molecule has 0 unspecified atom stereocenters. The van der Waals surface area contributed by atoms with E-state index < -0.39 is 6.23 Å². The molecule has 8 heteroatoms. The van der Waals surface area contributed by atoms with Crippen LogP contribution in [0.15, 0.2) is 59.7 Å². The molecule has 0 spiro atoms. The lowest BCUT2D eigenvalue weighted by Crippen LogP contribution is -2.33. The number of rotatable bonds is 7. The van der Waals surface area contributed by atoms with Crippen LogP contribution in [0, 0.1) is 0 Å². The predicted molar refractivity (Wildman–Crippen MR) is 134 cm³/mol. The van der Waals surface area contributed by atoms with E-state index in [0.29, 0.717) is 41.0 Å². The number of fused-ring (bicyclic) bond motifs is 3. The first kappa shape index (κ1) is 23.2. The number of hydrazone groups is 1. The first-order valence-electron chi connectivity index (χ1n) is 11.4. The average Bonchev–Trinajstić information content (AvgIpc) is 3.34. The van der Waals surface area contributed by atoms with Crippen LogP contribution in [0.3, 0.4) is 0 Å². The van der Waals surface area contributed by atoms with Gasteiger partial charge in [-0.2, -0.15) is 5.10 Å². The molecule has 0 bridgehead atoms. The van der Waals surface area contributed by atoms with E-state index in [1.165, 1.54) is 0 Å². The maximum absolute atomic E-state index is 6.47. The van der Waals surface area contributed by atoms with Crippen molar-refractivity contribution in [2.75, 3.05) is 27.9 Å². The summed E-state index contributed by atoms with van der Waals surface area (Å²) in [7, 11) is 4.88. The summed E-state index contributed by atoms with van der Waals surface area (Å²) in [6, 6.07) is 17.3. The van der Waals surface area contributed by atoms with Crippen LogP contribution < -0.4 is 23.7 Å². The minimum absolute atomic E-state index is 0.0388. The summed E-state index contributed by atoms with van der Waals surface area (Å²) >= 11 is 6.36. The molecule has 2 atom stereocenters. The number of methoxy groups -OCH3 is 3. The molecule has 0 saturated carbocycles. The van der Waals surface area contributed by atoms with Crippen molar-refractivity contribution < 1.29 is 23.7 Å². The van der Waals surface area contributed by atoms with E-state index in [-0.39, 0.29) is 6.04 Å². The summed E-state index contributed by atoms with van der Waals surface area (Å²) in [6.45, 7) is 2.50. The van der Waals surface area contributed by atoms with Crippen LogP contribution >= 0.6 is 11.6 Å². The van der Waals surface area contributed by atoms with E-state index in [9.17, 15) is 0 Å². The Labute approximate surface area is 209 Å². The van der Waals surface area contributed by atoms with Crippen molar-refractivity contribution >= 4 is 17.3 Å². The highest BCUT2D eigenvalue weighted by molar-refractivity contribution is 6.30. The van der Waals surface area contributed by atoms with Crippen LogP contribution in [0.2, 0.25) is 5.02 Å². The summed E-state index contributed by atoms with van der Waals surface area (Å²) in [5, 5.41) is 7.69. The van der Waals surface area contributed by atoms with Gasteiger partial charge in [-0.05, 0) is 61.5 Å². The molecule has 2 aliphatic heterocycles. The van der Waals surface area contributed by atoms with Gasteiger partial charge in [0.1, 0.15) is 5.75 Å². The quantitative estimate of drug-likeness (QED) is 0.401. The van der Waals surface area contributed by atoms with Crippen molar-refractivity contribution in [2.45, 2.75) is 25.6 Å². The molecule has 0 fully saturated rings. The van der Waals surface area contributed by atoms with Gasteiger partial charge in [0, 0.05) is 28.1 Å². The van der Waals surface area contributed by atoms with Crippen LogP contribution in [0.5, 0.6) is 28.7 Å². The zero-order valence-electron chi connectivity index (χ0n) is 20.1. The molecule has 0 saturated heterocycles. The van der Waals surface area contributed by atoms with E-state index in [2.05, 4.69) is 0 Å². The topological polar surface area (TPSA) is 61.8 Å². The minimum atomic E-state index is -0.448. The number of hydrogen-bond acceptors (Lipinski definition) is 7. The molecule has 0 aromatic heterocycles. The molecular weight excluding hydrogens is 468 g/mol. The highest BCUT2D eigenvalue weighted by Crippen LogP contribution is 2.49. The summed E-state index contributed by atoms with van der Waals surface area (Å²) in [6.07, 6.45) is 0.243. The first-order chi connectivity index (χ1) is 17.1. The molecule has 2 heterocycles. The molecule has 182 valence electrons. The lowest BCUT2D eigenvalue weighted by Gasteiger charge is -2.38. The van der Waals surface area contributed by atoms with Crippen molar-refractivity contribution in [1.29, 1.82) is 0 Å². The SMILES string of the molecule is CCOc1ccc([C@H]2Oc3ccc(Cl)cc3[C@H]3CC(c4ccc(OC)c(OC)c4)=NN32)cc1OC. The molecular formula is C27H27ClN2O5. The molecule has 35 heavy (non-hydrogen) atoms. The fraction of sp³-hybridized carbons (Fsp3) is 0.296. The second-order valence-corrected chi connectivity index (χ2v) is 8.65. The molecule has 0 amide bonds. The van der Waals surface area contributed by atoms with Gasteiger partial charge in [0.25, 0.3) is 0 Å². The number of hydrogen-bond donors (Lipinski definition) is 0. The fourth-order valence-corrected chi connectivity index (χ4v) is 4.76. The Balaban J connectivity index is 1.58. The third-order valence-corrected chi connectivity index (χ3v) is 6.48. The van der Waals surface area contributed by atoms with Crippen LogP contribution in [0.1, 0.15) is 42.3 Å². The highest BCUT2D eigenvalue weighted by Gasteiger charge is 2.41. The third kappa shape index (κ3) is 4.21. The second kappa shape index (κ2) is 9.58. The van der Waals surface area contributed by atoms with Crippen molar-refractivity contribution in [1.82, 2.24) is 5.01 Å². The molecule has 0 aliphatic carbocycles. The Hall–Kier alpha value is -3.58. The van der Waals surface area contributed by atoms with Crippen LogP contribution in [-0.2, 0) is 0 Å². The van der Waals surface area contributed by atoms with E-state index in [4.69, 9.17) is 40.4 Å². The summed E-state index contributed by atoms with van der Waals surface area (Å²) in [4.78, 5) is 0. The first-order valence-corrected chi connectivity index (χ1v) is 11.8. The Morgan fingerprint density at radius 2 is 1.66 bits per heavy atom. The van der Waals surface area contributed by atoms with Crippen molar-refractivity contribution in [2.24, 2.45) is 5.10 Å². The van der Waals surface area contributed by atoms with Crippen LogP contribution in [0.4, 0.5) is 0 Å². The Morgan fingerprint density at radius 3 is 2.40 bits per heavy atom. The highest BCUT2D eigenvalue weighted by atomic mass is 35.5. The Morgan fingerprint density at radius 1 is 0.914 bits per heavy atom. The Kier molecular flexibility index (Phi) is 6.34. The predicted octanol–water partition coefficient (Wildman–Crippen LogP) is 6.01. The van der Waals surface area contributed by atoms with Gasteiger partial charge in [0.2, 0.25) is 6.23 Å². The zero-order chi connectivity index (χ0) is 24.5. The molecule has 5 rings (SSSR count). The van der Waals surface area contributed by atoms with Crippen molar-refractivity contribution in [3.05, 3.63) is 76.3 Å². The lowest BCUT2D eigenvalue weighted by molar-refractivity contribution is -0.0191. The van der Waals surface area contributed by atoms with Gasteiger partial charge < -0.3 is 23.7 Å². The number of ether oxygens (including phenoxy) is 5. The molecule has 3 aromatic carbocycles. The minimum Gasteiger partial charge on any atom is -0.493 e. The van der Waals surface area contributed by atoms with Gasteiger partial charge in [0.05, 0.1) is 39.7 Å². The van der Waals surface area contributed by atoms with E-state index in [1.807, 2.05) is 66.5 Å². The summed E-state index contributed by atoms with van der Waals surface area (Å²) in [5.74, 6) is 3.46.